The van der Waals surface area contributed by atoms with E-state index in [4.69, 9.17) is 4.74 Å². The van der Waals surface area contributed by atoms with Crippen LogP contribution in [0.3, 0.4) is 0 Å². The van der Waals surface area contributed by atoms with E-state index in [1.54, 1.807) is 11.1 Å². The standard InChI is InChI=1S/C35H50FN7O3/c1-6-42(24(2)3)32(44)28-17-27(36)7-8-29(28)46-30-18-37-23-38-31(30)41-20-34(21-41)13-15-40(16-14-34)19-26-9-11-35(12-10-26)22-43(25(4)5)33(45)39-35/h7-8,17-18,23-26H,6,9-16,19-22H2,1-5H3,(H,39,45). The zero-order chi connectivity index (χ0) is 32.6. The van der Waals surface area contributed by atoms with Crippen LogP contribution in [0.1, 0.15) is 83.5 Å². The summed E-state index contributed by atoms with van der Waals surface area (Å²) in [6.07, 6.45) is 9.95. The highest BCUT2D eigenvalue weighted by Crippen LogP contribution is 2.45. The monoisotopic (exact) mass is 635 g/mol. The Kier molecular flexibility index (Phi) is 9.15. The summed E-state index contributed by atoms with van der Waals surface area (Å²) in [4.78, 5) is 43.1. The summed E-state index contributed by atoms with van der Waals surface area (Å²) in [6.45, 7) is 16.5. The lowest BCUT2D eigenvalue weighted by Gasteiger charge is -2.55. The van der Waals surface area contributed by atoms with E-state index in [9.17, 15) is 14.0 Å². The highest BCUT2D eigenvalue weighted by Gasteiger charge is 2.48. The summed E-state index contributed by atoms with van der Waals surface area (Å²) in [5, 5.41) is 3.33. The van der Waals surface area contributed by atoms with Gasteiger partial charge in [0.05, 0.1) is 17.3 Å². The number of nitrogens with zero attached hydrogens (tertiary/aromatic N) is 6. The number of likely N-dealkylation sites (tertiary alicyclic amines) is 1. The summed E-state index contributed by atoms with van der Waals surface area (Å²) < 4.78 is 20.6. The zero-order valence-corrected chi connectivity index (χ0v) is 28.1. The molecular weight excluding hydrogens is 585 g/mol. The molecule has 4 heterocycles. The molecule has 0 atom stereocenters. The minimum atomic E-state index is -0.483. The topological polar surface area (TPSA) is 94.1 Å². The Morgan fingerprint density at radius 3 is 2.43 bits per heavy atom. The summed E-state index contributed by atoms with van der Waals surface area (Å²) in [6, 6.07) is 4.39. The molecule has 3 amide bonds. The molecule has 3 aliphatic heterocycles. The maximum absolute atomic E-state index is 14.3. The average Bonchev–Trinajstić information content (AvgIpc) is 3.34. The van der Waals surface area contributed by atoms with Crippen molar-refractivity contribution in [3.8, 4) is 11.5 Å². The molecule has 1 aliphatic carbocycles. The van der Waals surface area contributed by atoms with Gasteiger partial charge in [-0.3, -0.25) is 4.79 Å². The van der Waals surface area contributed by atoms with Gasteiger partial charge in [0.25, 0.3) is 5.91 Å². The molecule has 250 valence electrons. The van der Waals surface area contributed by atoms with Crippen LogP contribution in [0.4, 0.5) is 15.0 Å². The second-order valence-electron chi connectivity index (χ2n) is 14.7. The fraction of sp³-hybridized carbons (Fsp3) is 0.657. The largest absolute Gasteiger partial charge is 0.451 e. The second-order valence-corrected chi connectivity index (χ2v) is 14.7. The smallest absolute Gasteiger partial charge is 0.318 e. The third kappa shape index (κ3) is 6.52. The fourth-order valence-electron chi connectivity index (χ4n) is 8.05. The van der Waals surface area contributed by atoms with Gasteiger partial charge >= 0.3 is 6.03 Å². The number of amides is 3. The highest BCUT2D eigenvalue weighted by atomic mass is 19.1. The second kappa shape index (κ2) is 13.0. The number of carbonyl (C=O) groups is 2. The number of hydrogen-bond donors (Lipinski definition) is 1. The quantitative estimate of drug-likeness (QED) is 0.387. The Hall–Kier alpha value is -3.47. The number of benzene rings is 1. The molecule has 2 spiro atoms. The van der Waals surface area contributed by atoms with Crippen LogP contribution in [0, 0.1) is 17.2 Å². The van der Waals surface area contributed by atoms with E-state index in [1.165, 1.54) is 37.4 Å². The van der Waals surface area contributed by atoms with Crippen LogP contribution in [0.2, 0.25) is 0 Å². The lowest BCUT2D eigenvalue weighted by atomic mass is 9.71. The molecule has 6 rings (SSSR count). The van der Waals surface area contributed by atoms with E-state index in [0.29, 0.717) is 29.8 Å². The van der Waals surface area contributed by atoms with Crippen molar-refractivity contribution in [1.82, 2.24) is 30.0 Å². The number of piperidine rings is 1. The van der Waals surface area contributed by atoms with Crippen molar-refractivity contribution in [2.24, 2.45) is 11.3 Å². The number of nitrogens with one attached hydrogen (secondary N) is 1. The predicted molar refractivity (Wildman–Crippen MR) is 176 cm³/mol. The van der Waals surface area contributed by atoms with Gasteiger partial charge in [0.15, 0.2) is 11.6 Å². The van der Waals surface area contributed by atoms with Crippen LogP contribution in [0.5, 0.6) is 11.5 Å². The van der Waals surface area contributed by atoms with Gasteiger partial charge < -0.3 is 29.7 Å². The SMILES string of the molecule is CCN(C(=O)c1cc(F)ccc1Oc1cncnc1N1CC2(CCN(CC3CCC4(CC3)CN(C(C)C)C(=O)N4)CC2)C1)C(C)C. The molecule has 3 saturated heterocycles. The number of ether oxygens (including phenoxy) is 1. The van der Waals surface area contributed by atoms with Crippen LogP contribution in [0.25, 0.3) is 0 Å². The van der Waals surface area contributed by atoms with Crippen molar-refractivity contribution in [3.05, 3.63) is 42.1 Å². The van der Waals surface area contributed by atoms with Gasteiger partial charge in [-0.05, 0) is 110 Å². The fourth-order valence-corrected chi connectivity index (χ4v) is 8.05. The van der Waals surface area contributed by atoms with E-state index in [0.717, 1.165) is 65.0 Å². The number of aromatic nitrogens is 2. The van der Waals surface area contributed by atoms with E-state index in [1.807, 2.05) is 25.7 Å². The van der Waals surface area contributed by atoms with Crippen molar-refractivity contribution >= 4 is 17.8 Å². The molecule has 4 aliphatic rings. The van der Waals surface area contributed by atoms with Gasteiger partial charge in [0.2, 0.25) is 0 Å². The van der Waals surface area contributed by atoms with Crippen molar-refractivity contribution in [3.63, 3.8) is 0 Å². The van der Waals surface area contributed by atoms with Crippen LogP contribution in [0.15, 0.2) is 30.7 Å². The highest BCUT2D eigenvalue weighted by molar-refractivity contribution is 5.97. The maximum atomic E-state index is 14.3. The lowest BCUT2D eigenvalue weighted by Crippen LogP contribution is -2.61. The van der Waals surface area contributed by atoms with Gasteiger partial charge in [-0.2, -0.15) is 0 Å². The van der Waals surface area contributed by atoms with Crippen molar-refractivity contribution in [1.29, 1.82) is 0 Å². The van der Waals surface area contributed by atoms with Gasteiger partial charge in [0, 0.05) is 50.2 Å². The van der Waals surface area contributed by atoms with Gasteiger partial charge in [0.1, 0.15) is 17.9 Å². The molecule has 1 N–H and O–H groups in total. The molecule has 0 unspecified atom stereocenters. The van der Waals surface area contributed by atoms with E-state index in [-0.39, 0.29) is 40.5 Å². The third-order valence-corrected chi connectivity index (χ3v) is 10.9. The molecule has 0 radical (unpaired) electrons. The molecule has 11 heteroatoms. The first kappa shape index (κ1) is 32.5. The average molecular weight is 636 g/mol. The van der Waals surface area contributed by atoms with Gasteiger partial charge in [-0.25, -0.2) is 19.2 Å². The first-order valence-electron chi connectivity index (χ1n) is 17.1. The van der Waals surface area contributed by atoms with E-state index < -0.39 is 5.82 Å². The lowest BCUT2D eigenvalue weighted by molar-refractivity contribution is 0.0582. The summed E-state index contributed by atoms with van der Waals surface area (Å²) in [5.74, 6) is 1.41. The van der Waals surface area contributed by atoms with Gasteiger partial charge in [-0.15, -0.1) is 0 Å². The Balaban J connectivity index is 1.03. The molecule has 1 aromatic heterocycles. The molecule has 1 saturated carbocycles. The maximum Gasteiger partial charge on any atom is 0.318 e. The molecule has 46 heavy (non-hydrogen) atoms. The molecule has 4 fully saturated rings. The number of urea groups is 1. The Morgan fingerprint density at radius 1 is 1.09 bits per heavy atom. The Morgan fingerprint density at radius 2 is 1.80 bits per heavy atom. The number of anilines is 1. The first-order chi connectivity index (χ1) is 22.0. The number of rotatable bonds is 9. The van der Waals surface area contributed by atoms with E-state index >= 15 is 0 Å². The van der Waals surface area contributed by atoms with Crippen molar-refractivity contribution < 1.29 is 18.7 Å². The Bertz CT molecular complexity index is 1410. The molecule has 1 aromatic carbocycles. The third-order valence-electron chi connectivity index (χ3n) is 10.9. The normalized spacial score (nSPS) is 24.5. The first-order valence-corrected chi connectivity index (χ1v) is 17.1. The molecule has 0 bridgehead atoms. The van der Waals surface area contributed by atoms with Crippen LogP contribution in [-0.4, -0.2) is 100 Å². The summed E-state index contributed by atoms with van der Waals surface area (Å²) >= 11 is 0. The molecular formula is C35H50FN7O3. The minimum absolute atomic E-state index is 0.0273. The predicted octanol–water partition coefficient (Wildman–Crippen LogP) is 5.54. The number of carbonyl (C=O) groups excluding carboxylic acids is 2. The van der Waals surface area contributed by atoms with Crippen LogP contribution < -0.4 is 15.0 Å². The van der Waals surface area contributed by atoms with Crippen LogP contribution >= 0.6 is 0 Å². The molecule has 2 aromatic rings. The number of halogens is 1. The van der Waals surface area contributed by atoms with Crippen molar-refractivity contribution in [2.45, 2.75) is 90.8 Å². The summed E-state index contributed by atoms with van der Waals surface area (Å²) in [5.41, 5.74) is 0.427. The van der Waals surface area contributed by atoms with E-state index in [2.05, 4.69) is 38.9 Å². The van der Waals surface area contributed by atoms with Crippen molar-refractivity contribution in [2.75, 3.05) is 50.7 Å². The zero-order valence-electron chi connectivity index (χ0n) is 28.1. The van der Waals surface area contributed by atoms with Gasteiger partial charge in [-0.1, -0.05) is 0 Å². The summed E-state index contributed by atoms with van der Waals surface area (Å²) in [7, 11) is 0. The van der Waals surface area contributed by atoms with Crippen LogP contribution in [-0.2, 0) is 0 Å². The minimum Gasteiger partial charge on any atom is -0.451 e. The molecule has 10 nitrogen and oxygen atoms in total. The Labute approximate surface area is 272 Å². The number of hydrogen-bond acceptors (Lipinski definition) is 7.